The maximum atomic E-state index is 12.5. The molecule has 1 aromatic carbocycles. The van der Waals surface area contributed by atoms with Crippen molar-refractivity contribution in [1.29, 1.82) is 0 Å². The molecule has 0 radical (unpaired) electrons. The van der Waals surface area contributed by atoms with Gasteiger partial charge >= 0.3 is 0 Å². The number of thioether (sulfide) groups is 1. The summed E-state index contributed by atoms with van der Waals surface area (Å²) in [4.78, 5) is 18.6. The van der Waals surface area contributed by atoms with Gasteiger partial charge in [0.25, 0.3) is 5.91 Å². The number of carbonyl (C=O) groups excluding carboxylic acids is 1. The number of rotatable bonds is 1. The molecule has 4 rings (SSSR count). The monoisotopic (exact) mass is 274 g/mol. The van der Waals surface area contributed by atoms with Crippen LogP contribution in [0.1, 0.15) is 20.9 Å². The van der Waals surface area contributed by atoms with Crippen molar-refractivity contribution in [2.24, 2.45) is 0 Å². The molecular formula is C13H10N2OS2. The molecule has 18 heavy (non-hydrogen) atoms. The minimum Gasteiger partial charge on any atom is -0.313 e. The van der Waals surface area contributed by atoms with Crippen LogP contribution >= 0.6 is 23.1 Å². The Kier molecular flexibility index (Phi) is 2.11. The van der Waals surface area contributed by atoms with Gasteiger partial charge in [-0.25, -0.2) is 4.98 Å². The van der Waals surface area contributed by atoms with E-state index in [0.29, 0.717) is 0 Å². The predicted molar refractivity (Wildman–Crippen MR) is 72.8 cm³/mol. The number of hydrogen-bond donors (Lipinski definition) is 0. The summed E-state index contributed by atoms with van der Waals surface area (Å²) < 4.78 is 0. The number of nitrogens with zero attached hydrogens (tertiary/aromatic N) is 2. The molecule has 1 amide bonds. The van der Waals surface area contributed by atoms with E-state index >= 15 is 0 Å². The van der Waals surface area contributed by atoms with Crippen LogP contribution < -0.4 is 0 Å². The largest absolute Gasteiger partial charge is 0.313 e. The molecule has 3 nitrogen and oxygen atoms in total. The Morgan fingerprint density at radius 3 is 3.06 bits per heavy atom. The summed E-state index contributed by atoms with van der Waals surface area (Å²) in [6, 6.07) is 7.92. The van der Waals surface area contributed by atoms with Gasteiger partial charge in [0.15, 0.2) is 4.87 Å². The van der Waals surface area contributed by atoms with Crippen LogP contribution in [0.4, 0.5) is 0 Å². The number of hydrogen-bond acceptors (Lipinski definition) is 4. The number of benzene rings is 1. The summed E-state index contributed by atoms with van der Waals surface area (Å²) in [5, 5.41) is 3.00. The summed E-state index contributed by atoms with van der Waals surface area (Å²) in [6.07, 6.45) is 1.82. The zero-order valence-corrected chi connectivity index (χ0v) is 11.1. The second-order valence-corrected chi connectivity index (χ2v) is 6.51. The fraction of sp³-hybridized carbons (Fsp3) is 0.231. The average Bonchev–Trinajstić information content (AvgIpc) is 3.09. The first kappa shape index (κ1) is 10.6. The smallest absolute Gasteiger partial charge is 0.256 e. The van der Waals surface area contributed by atoms with Crippen LogP contribution in [0.25, 0.3) is 0 Å². The van der Waals surface area contributed by atoms with E-state index in [1.165, 1.54) is 0 Å². The summed E-state index contributed by atoms with van der Waals surface area (Å²) in [5.41, 5.74) is 1.94. The Morgan fingerprint density at radius 2 is 2.22 bits per heavy atom. The van der Waals surface area contributed by atoms with Gasteiger partial charge in [0.05, 0.1) is 0 Å². The highest BCUT2D eigenvalue weighted by Gasteiger charge is 2.55. The molecule has 1 atom stereocenters. The van der Waals surface area contributed by atoms with Crippen LogP contribution in [0, 0.1) is 0 Å². The quantitative estimate of drug-likeness (QED) is 0.801. The lowest BCUT2D eigenvalue weighted by Crippen LogP contribution is -2.37. The number of amides is 1. The maximum absolute atomic E-state index is 12.5. The average molecular weight is 274 g/mol. The second-order valence-electron chi connectivity index (χ2n) is 4.33. The van der Waals surface area contributed by atoms with E-state index < -0.39 is 0 Å². The summed E-state index contributed by atoms with van der Waals surface area (Å²) in [7, 11) is 0. The van der Waals surface area contributed by atoms with E-state index in [1.807, 2.05) is 46.4 Å². The van der Waals surface area contributed by atoms with Crippen molar-refractivity contribution in [2.75, 3.05) is 12.3 Å². The number of carbonyl (C=O) groups is 1. The molecular weight excluding hydrogens is 264 g/mol. The fourth-order valence-corrected chi connectivity index (χ4v) is 5.26. The standard InChI is InChI=1S/C13H10N2OS2/c16-11-9-3-1-2-4-10(9)13(12-14-5-7-17-12)15(11)6-8-18-13/h1-5,7H,6,8H2. The SMILES string of the molecule is O=C1c2ccccc2C2(c3nccs3)SCCN12. The maximum Gasteiger partial charge on any atom is 0.256 e. The Labute approximate surface area is 113 Å². The van der Waals surface area contributed by atoms with Gasteiger partial charge in [0, 0.05) is 35.0 Å². The van der Waals surface area contributed by atoms with Crippen molar-refractivity contribution in [3.8, 4) is 0 Å². The number of thiazole rings is 1. The first-order valence-corrected chi connectivity index (χ1v) is 7.66. The van der Waals surface area contributed by atoms with Gasteiger partial charge in [0.2, 0.25) is 0 Å². The van der Waals surface area contributed by atoms with E-state index in [1.54, 1.807) is 11.3 Å². The van der Waals surface area contributed by atoms with Crippen molar-refractivity contribution in [3.63, 3.8) is 0 Å². The van der Waals surface area contributed by atoms with E-state index in [2.05, 4.69) is 11.1 Å². The van der Waals surface area contributed by atoms with Crippen molar-refractivity contribution in [1.82, 2.24) is 9.88 Å². The van der Waals surface area contributed by atoms with Gasteiger partial charge in [-0.3, -0.25) is 4.79 Å². The van der Waals surface area contributed by atoms with Crippen LogP contribution in [-0.2, 0) is 4.87 Å². The van der Waals surface area contributed by atoms with Crippen molar-refractivity contribution >= 4 is 29.0 Å². The van der Waals surface area contributed by atoms with Crippen LogP contribution in [0.3, 0.4) is 0 Å². The molecule has 0 bridgehead atoms. The number of fused-ring (bicyclic) bond motifs is 3. The highest BCUT2D eigenvalue weighted by Crippen LogP contribution is 2.55. The fourth-order valence-electron chi connectivity index (χ4n) is 2.78. The van der Waals surface area contributed by atoms with Gasteiger partial charge in [0.1, 0.15) is 5.01 Å². The molecule has 0 N–H and O–H groups in total. The lowest BCUT2D eigenvalue weighted by molar-refractivity contribution is 0.0752. The number of aromatic nitrogens is 1. The van der Waals surface area contributed by atoms with Crippen molar-refractivity contribution in [2.45, 2.75) is 4.87 Å². The first-order valence-electron chi connectivity index (χ1n) is 5.79. The third-order valence-electron chi connectivity index (χ3n) is 3.50. The molecule has 1 aromatic heterocycles. The Morgan fingerprint density at radius 1 is 1.33 bits per heavy atom. The molecule has 0 saturated carbocycles. The van der Waals surface area contributed by atoms with Gasteiger partial charge in [-0.05, 0) is 6.07 Å². The molecule has 1 fully saturated rings. The van der Waals surface area contributed by atoms with Gasteiger partial charge in [-0.15, -0.1) is 23.1 Å². The lowest BCUT2D eigenvalue weighted by atomic mass is 10.0. The summed E-state index contributed by atoms with van der Waals surface area (Å²) in [6.45, 7) is 0.803. The molecule has 2 aliphatic rings. The zero-order chi connectivity index (χ0) is 12.2. The van der Waals surface area contributed by atoms with E-state index in [9.17, 15) is 4.79 Å². The molecule has 90 valence electrons. The molecule has 0 aliphatic carbocycles. The molecule has 0 spiro atoms. The molecule has 2 aromatic rings. The summed E-state index contributed by atoms with van der Waals surface area (Å²) >= 11 is 3.44. The Hall–Kier alpha value is -1.33. The highest BCUT2D eigenvalue weighted by molar-refractivity contribution is 8.00. The minimum atomic E-state index is -0.359. The normalized spacial score (nSPS) is 25.3. The predicted octanol–water partition coefficient (Wildman–Crippen LogP) is 2.55. The van der Waals surface area contributed by atoms with Gasteiger partial charge in [-0.2, -0.15) is 0 Å². The van der Waals surface area contributed by atoms with Crippen LogP contribution in [0.5, 0.6) is 0 Å². The second kappa shape index (κ2) is 3.59. The Balaban J connectivity index is 2.03. The third kappa shape index (κ3) is 1.11. The van der Waals surface area contributed by atoms with Gasteiger partial charge < -0.3 is 4.90 Å². The van der Waals surface area contributed by atoms with Crippen LogP contribution in [-0.4, -0.2) is 28.1 Å². The lowest BCUT2D eigenvalue weighted by Gasteiger charge is -2.29. The van der Waals surface area contributed by atoms with E-state index in [0.717, 1.165) is 28.4 Å². The zero-order valence-electron chi connectivity index (χ0n) is 9.50. The molecule has 1 unspecified atom stereocenters. The topological polar surface area (TPSA) is 33.2 Å². The van der Waals surface area contributed by atoms with E-state index in [-0.39, 0.29) is 10.8 Å². The minimum absolute atomic E-state index is 0.144. The van der Waals surface area contributed by atoms with Gasteiger partial charge in [-0.1, -0.05) is 18.2 Å². The third-order valence-corrected chi connectivity index (χ3v) is 5.95. The molecule has 3 heterocycles. The molecule has 2 aliphatic heterocycles. The van der Waals surface area contributed by atoms with Crippen LogP contribution in [0.2, 0.25) is 0 Å². The van der Waals surface area contributed by atoms with Crippen molar-refractivity contribution < 1.29 is 4.79 Å². The van der Waals surface area contributed by atoms with E-state index in [4.69, 9.17) is 0 Å². The molecule has 1 saturated heterocycles. The van der Waals surface area contributed by atoms with Crippen molar-refractivity contribution in [3.05, 3.63) is 52.0 Å². The summed E-state index contributed by atoms with van der Waals surface area (Å²) in [5.74, 6) is 1.12. The highest BCUT2D eigenvalue weighted by atomic mass is 32.2. The molecule has 5 heteroatoms. The Bertz CT molecular complexity index is 626. The first-order chi connectivity index (χ1) is 8.84. The van der Waals surface area contributed by atoms with Crippen LogP contribution in [0.15, 0.2) is 35.8 Å².